The number of nitrogens with one attached hydrogen (secondary N) is 1. The molecule has 0 aliphatic carbocycles. The number of hydrogen-bond donors (Lipinski definition) is 2. The quantitative estimate of drug-likeness (QED) is 0.680. The van der Waals surface area contributed by atoms with Gasteiger partial charge < -0.3 is 25.6 Å². The third-order valence-corrected chi connectivity index (χ3v) is 4.91. The van der Waals surface area contributed by atoms with Crippen LogP contribution in [0, 0.1) is 0 Å². The minimum absolute atomic E-state index is 0. The van der Waals surface area contributed by atoms with Crippen molar-refractivity contribution in [3.8, 4) is 0 Å². The first-order valence-electron chi connectivity index (χ1n) is 9.24. The molecule has 2 fully saturated rings. The number of anilines is 1. The van der Waals surface area contributed by atoms with Crippen LogP contribution in [0.25, 0.3) is 0 Å². The van der Waals surface area contributed by atoms with Gasteiger partial charge >= 0.3 is 0 Å². The fourth-order valence-electron chi connectivity index (χ4n) is 3.36. The molecule has 3 heterocycles. The summed E-state index contributed by atoms with van der Waals surface area (Å²) in [5.41, 5.74) is 5.55. The average Bonchev–Trinajstić information content (AvgIpc) is 3.18. The van der Waals surface area contributed by atoms with E-state index in [4.69, 9.17) is 10.5 Å². The number of rotatable bonds is 6. The van der Waals surface area contributed by atoms with Crippen LogP contribution in [0.3, 0.4) is 0 Å². The SMILES string of the molecule is Cl.Cl.NC[C@H]1CC[C@@H](C(=O)NCCC(=O)N2CCN(c3ccccn3)CC2)O1. The number of ether oxygens (including phenoxy) is 1. The van der Waals surface area contributed by atoms with Gasteiger partial charge in [0.1, 0.15) is 11.9 Å². The van der Waals surface area contributed by atoms with Crippen LogP contribution in [-0.2, 0) is 14.3 Å². The second-order valence-corrected chi connectivity index (χ2v) is 6.66. The molecule has 1 aromatic heterocycles. The minimum Gasteiger partial charge on any atom is -0.364 e. The maximum atomic E-state index is 12.3. The molecule has 28 heavy (non-hydrogen) atoms. The zero-order valence-corrected chi connectivity index (χ0v) is 17.4. The van der Waals surface area contributed by atoms with E-state index >= 15 is 0 Å². The van der Waals surface area contributed by atoms with E-state index in [0.717, 1.165) is 25.3 Å². The zero-order valence-electron chi connectivity index (χ0n) is 15.8. The monoisotopic (exact) mass is 433 g/mol. The summed E-state index contributed by atoms with van der Waals surface area (Å²) in [6.07, 6.45) is 3.13. The molecule has 0 aromatic carbocycles. The number of halogens is 2. The lowest BCUT2D eigenvalue weighted by Crippen LogP contribution is -2.49. The van der Waals surface area contributed by atoms with E-state index in [1.165, 1.54) is 0 Å². The molecule has 8 nitrogen and oxygen atoms in total. The lowest BCUT2D eigenvalue weighted by atomic mass is 10.2. The van der Waals surface area contributed by atoms with Gasteiger partial charge in [-0.2, -0.15) is 0 Å². The highest BCUT2D eigenvalue weighted by atomic mass is 35.5. The molecule has 158 valence electrons. The Morgan fingerprint density at radius 3 is 2.54 bits per heavy atom. The van der Waals surface area contributed by atoms with Crippen molar-refractivity contribution < 1.29 is 14.3 Å². The van der Waals surface area contributed by atoms with Crippen LogP contribution >= 0.6 is 24.8 Å². The number of amides is 2. The molecule has 0 saturated carbocycles. The second-order valence-electron chi connectivity index (χ2n) is 6.66. The molecular weight excluding hydrogens is 405 g/mol. The maximum Gasteiger partial charge on any atom is 0.249 e. The standard InChI is InChI=1S/C18H27N5O3.2ClH/c19-13-14-4-5-15(26-14)18(25)21-8-6-17(24)23-11-9-22(10-12-23)16-3-1-2-7-20-16;;/h1-3,7,14-15H,4-6,8-13,19H2,(H,21,25);2*1H/t14-,15+;;/m1../s1. The van der Waals surface area contributed by atoms with E-state index in [9.17, 15) is 9.59 Å². The number of pyridine rings is 1. The fraction of sp³-hybridized carbons (Fsp3) is 0.611. The minimum atomic E-state index is -0.430. The highest BCUT2D eigenvalue weighted by molar-refractivity contribution is 5.85. The maximum absolute atomic E-state index is 12.3. The highest BCUT2D eigenvalue weighted by Gasteiger charge is 2.29. The van der Waals surface area contributed by atoms with Crippen molar-refractivity contribution >= 4 is 42.4 Å². The molecule has 3 rings (SSSR count). The molecule has 0 unspecified atom stereocenters. The van der Waals surface area contributed by atoms with Crippen molar-refractivity contribution in [1.29, 1.82) is 0 Å². The molecule has 3 N–H and O–H groups in total. The Kier molecular flexibility index (Phi) is 10.5. The van der Waals surface area contributed by atoms with Gasteiger partial charge in [-0.15, -0.1) is 24.8 Å². The van der Waals surface area contributed by atoms with Crippen molar-refractivity contribution in [3.63, 3.8) is 0 Å². The van der Waals surface area contributed by atoms with Crippen LogP contribution < -0.4 is 16.0 Å². The van der Waals surface area contributed by atoms with Crippen molar-refractivity contribution in [3.05, 3.63) is 24.4 Å². The first kappa shape index (κ1) is 24.4. The molecule has 1 aromatic rings. The van der Waals surface area contributed by atoms with Crippen molar-refractivity contribution in [2.45, 2.75) is 31.5 Å². The largest absolute Gasteiger partial charge is 0.364 e. The Labute approximate surface area is 178 Å². The second kappa shape index (κ2) is 12.1. The average molecular weight is 434 g/mol. The molecular formula is C18H29Cl2N5O3. The van der Waals surface area contributed by atoms with Crippen LogP contribution in [0.2, 0.25) is 0 Å². The molecule has 0 bridgehead atoms. The number of aromatic nitrogens is 1. The summed E-state index contributed by atoms with van der Waals surface area (Å²) < 4.78 is 5.56. The fourth-order valence-corrected chi connectivity index (χ4v) is 3.36. The van der Waals surface area contributed by atoms with Crippen LogP contribution in [0.15, 0.2) is 24.4 Å². The van der Waals surface area contributed by atoms with E-state index in [0.29, 0.717) is 39.0 Å². The van der Waals surface area contributed by atoms with Crippen LogP contribution in [0.1, 0.15) is 19.3 Å². The molecule has 0 radical (unpaired) electrons. The van der Waals surface area contributed by atoms with Gasteiger partial charge in [-0.3, -0.25) is 9.59 Å². The first-order valence-corrected chi connectivity index (χ1v) is 9.24. The summed E-state index contributed by atoms with van der Waals surface area (Å²) in [6, 6.07) is 5.84. The lowest BCUT2D eigenvalue weighted by molar-refractivity contribution is -0.133. The number of piperazine rings is 1. The van der Waals surface area contributed by atoms with E-state index in [1.807, 2.05) is 23.1 Å². The number of carbonyl (C=O) groups excluding carboxylic acids is 2. The first-order chi connectivity index (χ1) is 12.7. The van der Waals surface area contributed by atoms with Gasteiger partial charge in [0.05, 0.1) is 6.10 Å². The number of nitrogens with two attached hydrogens (primary N) is 1. The van der Waals surface area contributed by atoms with Crippen LogP contribution in [-0.4, -0.2) is 73.2 Å². The van der Waals surface area contributed by atoms with Gasteiger partial charge in [0.25, 0.3) is 0 Å². The predicted octanol–water partition coefficient (Wildman–Crippen LogP) is 0.586. The van der Waals surface area contributed by atoms with Crippen molar-refractivity contribution in [2.24, 2.45) is 5.73 Å². The Hall–Kier alpha value is -1.61. The van der Waals surface area contributed by atoms with Gasteiger partial charge in [0.15, 0.2) is 0 Å². The normalized spacial score (nSPS) is 21.5. The summed E-state index contributed by atoms with van der Waals surface area (Å²) in [6.45, 7) is 3.66. The third kappa shape index (κ3) is 6.48. The Morgan fingerprint density at radius 1 is 1.18 bits per heavy atom. The summed E-state index contributed by atoms with van der Waals surface area (Å²) in [4.78, 5) is 32.8. The Bertz CT molecular complexity index is 614. The number of hydrogen-bond acceptors (Lipinski definition) is 6. The van der Waals surface area contributed by atoms with E-state index in [2.05, 4.69) is 15.2 Å². The molecule has 2 saturated heterocycles. The topological polar surface area (TPSA) is 101 Å². The molecule has 2 aliphatic rings. The van der Waals surface area contributed by atoms with E-state index in [-0.39, 0.29) is 42.7 Å². The van der Waals surface area contributed by atoms with Gasteiger partial charge in [-0.05, 0) is 25.0 Å². The Morgan fingerprint density at radius 2 is 1.93 bits per heavy atom. The van der Waals surface area contributed by atoms with Gasteiger partial charge in [0, 0.05) is 51.9 Å². The van der Waals surface area contributed by atoms with Crippen LogP contribution in [0.5, 0.6) is 0 Å². The molecule has 10 heteroatoms. The van der Waals surface area contributed by atoms with Crippen molar-refractivity contribution in [2.75, 3.05) is 44.2 Å². The van der Waals surface area contributed by atoms with E-state index in [1.54, 1.807) is 6.20 Å². The Balaban J connectivity index is 0.00000196. The summed E-state index contributed by atoms with van der Waals surface area (Å²) in [5, 5.41) is 2.80. The summed E-state index contributed by atoms with van der Waals surface area (Å²) in [7, 11) is 0. The highest BCUT2D eigenvalue weighted by Crippen LogP contribution is 2.18. The molecule has 2 atom stereocenters. The van der Waals surface area contributed by atoms with Gasteiger partial charge in [-0.1, -0.05) is 6.07 Å². The number of carbonyl (C=O) groups is 2. The summed E-state index contributed by atoms with van der Waals surface area (Å²) >= 11 is 0. The molecule has 2 aliphatic heterocycles. The van der Waals surface area contributed by atoms with E-state index < -0.39 is 6.10 Å². The third-order valence-electron chi connectivity index (χ3n) is 4.91. The number of nitrogens with zero attached hydrogens (tertiary/aromatic N) is 3. The molecule has 2 amide bonds. The molecule has 0 spiro atoms. The van der Waals surface area contributed by atoms with Crippen LogP contribution in [0.4, 0.5) is 5.82 Å². The van der Waals surface area contributed by atoms with Gasteiger partial charge in [0.2, 0.25) is 11.8 Å². The smallest absolute Gasteiger partial charge is 0.249 e. The van der Waals surface area contributed by atoms with Gasteiger partial charge in [-0.25, -0.2) is 4.98 Å². The van der Waals surface area contributed by atoms with Crippen molar-refractivity contribution in [1.82, 2.24) is 15.2 Å². The lowest BCUT2D eigenvalue weighted by Gasteiger charge is -2.35. The summed E-state index contributed by atoms with van der Waals surface area (Å²) in [5.74, 6) is 0.867. The predicted molar refractivity (Wildman–Crippen MR) is 112 cm³/mol. The zero-order chi connectivity index (χ0) is 18.4.